The van der Waals surface area contributed by atoms with E-state index in [1.54, 1.807) is 0 Å². The molecule has 1 atom stereocenters. The largest absolute Gasteiger partial charge is 0.464 e. The lowest BCUT2D eigenvalue weighted by molar-refractivity contribution is -0.160. The maximum absolute atomic E-state index is 11.3. The molecule has 112 valence electrons. The van der Waals surface area contributed by atoms with E-state index in [9.17, 15) is 14.7 Å². The van der Waals surface area contributed by atoms with E-state index < -0.39 is 18.0 Å². The lowest BCUT2D eigenvalue weighted by atomic mass is 10.2. The van der Waals surface area contributed by atoms with Gasteiger partial charge in [-0.3, -0.25) is 4.79 Å². The summed E-state index contributed by atoms with van der Waals surface area (Å²) >= 11 is 0. The summed E-state index contributed by atoms with van der Waals surface area (Å²) in [5.41, 5.74) is 0. The Bertz CT molecular complexity index is 281. The standard InChI is InChI=1S/C12H24N2O5/c1-13(2)5-7-18-11(16)9-10(15)12(17)19-8-6-14(3)4/h10,15H,5-9H2,1-4H3. The van der Waals surface area contributed by atoms with Gasteiger partial charge in [-0.2, -0.15) is 0 Å². The number of carbonyl (C=O) groups excluding carboxylic acids is 2. The van der Waals surface area contributed by atoms with Crippen LogP contribution in [0.25, 0.3) is 0 Å². The van der Waals surface area contributed by atoms with E-state index in [0.717, 1.165) is 0 Å². The first kappa shape index (κ1) is 17.8. The van der Waals surface area contributed by atoms with E-state index in [4.69, 9.17) is 9.47 Å². The first-order valence-electron chi connectivity index (χ1n) is 6.12. The monoisotopic (exact) mass is 276 g/mol. The molecule has 0 aromatic heterocycles. The molecule has 0 saturated carbocycles. The Morgan fingerprint density at radius 2 is 1.47 bits per heavy atom. The molecular weight excluding hydrogens is 252 g/mol. The fourth-order valence-corrected chi connectivity index (χ4v) is 1.07. The second-order valence-electron chi connectivity index (χ2n) is 4.71. The summed E-state index contributed by atoms with van der Waals surface area (Å²) in [6.07, 6.45) is -1.84. The van der Waals surface area contributed by atoms with Gasteiger partial charge in [0.2, 0.25) is 0 Å². The molecule has 0 aromatic rings. The molecule has 0 radical (unpaired) electrons. The quantitative estimate of drug-likeness (QED) is 0.538. The number of aliphatic hydroxyl groups is 1. The molecule has 0 aliphatic heterocycles. The van der Waals surface area contributed by atoms with Crippen LogP contribution in [0.5, 0.6) is 0 Å². The summed E-state index contributed by atoms with van der Waals surface area (Å²) in [6.45, 7) is 1.56. The van der Waals surface area contributed by atoms with E-state index in [1.165, 1.54) is 0 Å². The summed E-state index contributed by atoms with van der Waals surface area (Å²) in [7, 11) is 7.38. The molecule has 0 rings (SSSR count). The number of hydrogen-bond donors (Lipinski definition) is 1. The van der Waals surface area contributed by atoms with E-state index in [2.05, 4.69) is 0 Å². The third-order valence-electron chi connectivity index (χ3n) is 2.22. The van der Waals surface area contributed by atoms with E-state index in [0.29, 0.717) is 13.1 Å². The Morgan fingerprint density at radius 3 is 1.95 bits per heavy atom. The van der Waals surface area contributed by atoms with Crippen molar-refractivity contribution >= 4 is 11.9 Å². The van der Waals surface area contributed by atoms with Crippen molar-refractivity contribution in [2.45, 2.75) is 12.5 Å². The fourth-order valence-electron chi connectivity index (χ4n) is 1.07. The van der Waals surface area contributed by atoms with E-state index >= 15 is 0 Å². The summed E-state index contributed by atoms with van der Waals surface area (Å²) < 4.78 is 9.67. The number of ether oxygens (including phenoxy) is 2. The Morgan fingerprint density at radius 1 is 1.00 bits per heavy atom. The van der Waals surface area contributed by atoms with Crippen molar-refractivity contribution in [3.05, 3.63) is 0 Å². The molecular formula is C12H24N2O5. The van der Waals surface area contributed by atoms with Gasteiger partial charge >= 0.3 is 11.9 Å². The molecule has 0 saturated heterocycles. The minimum Gasteiger partial charge on any atom is -0.464 e. The van der Waals surface area contributed by atoms with Crippen LogP contribution in [0.1, 0.15) is 6.42 Å². The Balaban J connectivity index is 3.78. The lowest BCUT2D eigenvalue weighted by Crippen LogP contribution is -2.30. The highest BCUT2D eigenvalue weighted by atomic mass is 16.6. The zero-order chi connectivity index (χ0) is 14.8. The van der Waals surface area contributed by atoms with Crippen molar-refractivity contribution in [1.29, 1.82) is 0 Å². The molecule has 1 N–H and O–H groups in total. The van der Waals surface area contributed by atoms with Crippen molar-refractivity contribution in [1.82, 2.24) is 9.80 Å². The summed E-state index contributed by atoms with van der Waals surface area (Å²) in [6, 6.07) is 0. The van der Waals surface area contributed by atoms with Crippen LogP contribution in [0, 0.1) is 0 Å². The Kier molecular flexibility index (Phi) is 9.11. The average molecular weight is 276 g/mol. The van der Waals surface area contributed by atoms with Gasteiger partial charge in [0.15, 0.2) is 6.10 Å². The minimum atomic E-state index is -1.46. The van der Waals surface area contributed by atoms with Crippen molar-refractivity contribution in [3.63, 3.8) is 0 Å². The van der Waals surface area contributed by atoms with Crippen LogP contribution in [0.15, 0.2) is 0 Å². The topological polar surface area (TPSA) is 79.3 Å². The van der Waals surface area contributed by atoms with Crippen molar-refractivity contribution in [2.24, 2.45) is 0 Å². The first-order valence-corrected chi connectivity index (χ1v) is 6.12. The van der Waals surface area contributed by atoms with E-state index in [-0.39, 0.29) is 19.6 Å². The number of rotatable bonds is 9. The maximum Gasteiger partial charge on any atom is 0.335 e. The molecule has 7 heteroatoms. The second-order valence-corrected chi connectivity index (χ2v) is 4.71. The zero-order valence-electron chi connectivity index (χ0n) is 12.1. The van der Waals surface area contributed by atoms with Crippen molar-refractivity contribution < 1.29 is 24.2 Å². The van der Waals surface area contributed by atoms with Crippen molar-refractivity contribution in [2.75, 3.05) is 54.5 Å². The molecule has 0 aromatic carbocycles. The van der Waals surface area contributed by atoms with Crippen LogP contribution in [0.2, 0.25) is 0 Å². The number of carbonyl (C=O) groups is 2. The number of hydrogen-bond acceptors (Lipinski definition) is 7. The first-order chi connectivity index (χ1) is 8.82. The van der Waals surface area contributed by atoms with Gasteiger partial charge in [-0.25, -0.2) is 4.79 Å². The van der Waals surface area contributed by atoms with Crippen LogP contribution < -0.4 is 0 Å². The maximum atomic E-state index is 11.3. The van der Waals surface area contributed by atoms with Gasteiger partial charge in [0.1, 0.15) is 13.2 Å². The van der Waals surface area contributed by atoms with Gasteiger partial charge in [-0.1, -0.05) is 0 Å². The molecule has 0 bridgehead atoms. The third-order valence-corrected chi connectivity index (χ3v) is 2.22. The number of likely N-dealkylation sites (N-methyl/N-ethyl adjacent to an activating group) is 2. The molecule has 0 aliphatic rings. The molecule has 0 heterocycles. The summed E-state index contributed by atoms with van der Waals surface area (Å²) in [4.78, 5) is 26.3. The third kappa shape index (κ3) is 10.4. The predicted molar refractivity (Wildman–Crippen MR) is 69.6 cm³/mol. The highest BCUT2D eigenvalue weighted by Crippen LogP contribution is 1.98. The predicted octanol–water partition coefficient (Wildman–Crippen LogP) is -1.05. The van der Waals surface area contributed by atoms with Gasteiger partial charge in [0, 0.05) is 13.1 Å². The van der Waals surface area contributed by atoms with Crippen LogP contribution in [0.3, 0.4) is 0 Å². The summed E-state index contributed by atoms with van der Waals surface area (Å²) in [5.74, 6) is -1.41. The van der Waals surface area contributed by atoms with Crippen LogP contribution >= 0.6 is 0 Å². The molecule has 0 aliphatic carbocycles. The van der Waals surface area contributed by atoms with Crippen molar-refractivity contribution in [3.8, 4) is 0 Å². The zero-order valence-corrected chi connectivity index (χ0v) is 12.1. The molecule has 19 heavy (non-hydrogen) atoms. The Labute approximate surface area is 114 Å². The van der Waals surface area contributed by atoms with Crippen LogP contribution in [-0.2, 0) is 19.1 Å². The highest BCUT2D eigenvalue weighted by molar-refractivity contribution is 5.81. The summed E-state index contributed by atoms with van der Waals surface area (Å²) in [5, 5.41) is 9.46. The highest BCUT2D eigenvalue weighted by Gasteiger charge is 2.21. The van der Waals surface area contributed by atoms with Gasteiger partial charge in [-0.05, 0) is 28.2 Å². The van der Waals surface area contributed by atoms with Gasteiger partial charge in [0.25, 0.3) is 0 Å². The Hall–Kier alpha value is -1.18. The number of aliphatic hydroxyl groups excluding tert-OH is 1. The molecule has 1 unspecified atom stereocenters. The molecule has 0 fully saturated rings. The SMILES string of the molecule is CN(C)CCOC(=O)CC(O)C(=O)OCCN(C)C. The van der Waals surface area contributed by atoms with E-state index in [1.807, 2.05) is 38.0 Å². The van der Waals surface area contributed by atoms with Crippen LogP contribution in [0.4, 0.5) is 0 Å². The molecule has 0 amide bonds. The normalized spacial score (nSPS) is 12.6. The number of esters is 2. The lowest BCUT2D eigenvalue weighted by Gasteiger charge is -2.13. The number of nitrogens with zero attached hydrogens (tertiary/aromatic N) is 2. The smallest absolute Gasteiger partial charge is 0.335 e. The van der Waals surface area contributed by atoms with Gasteiger partial charge in [0.05, 0.1) is 6.42 Å². The fraction of sp³-hybridized carbons (Fsp3) is 0.833. The minimum absolute atomic E-state index is 0.179. The molecule has 7 nitrogen and oxygen atoms in total. The van der Waals surface area contributed by atoms with Crippen LogP contribution in [-0.4, -0.2) is 87.4 Å². The molecule has 0 spiro atoms. The average Bonchev–Trinajstić information content (AvgIpc) is 2.27. The van der Waals surface area contributed by atoms with Gasteiger partial charge in [-0.15, -0.1) is 0 Å². The second kappa shape index (κ2) is 9.71. The van der Waals surface area contributed by atoms with Gasteiger partial charge < -0.3 is 24.4 Å².